The molecule has 1 aromatic carbocycles. The van der Waals surface area contributed by atoms with Crippen LogP contribution in [0.5, 0.6) is 11.5 Å². The maximum absolute atomic E-state index is 5.98. The zero-order valence-corrected chi connectivity index (χ0v) is 12.2. The third-order valence-electron chi connectivity index (χ3n) is 2.84. The highest BCUT2D eigenvalue weighted by atomic mass is 35.5. The van der Waals surface area contributed by atoms with Crippen molar-refractivity contribution in [3.8, 4) is 11.5 Å². The molecule has 1 unspecified atom stereocenters. The van der Waals surface area contributed by atoms with Gasteiger partial charge >= 0.3 is 0 Å². The van der Waals surface area contributed by atoms with Gasteiger partial charge in [0.2, 0.25) is 0 Å². The van der Waals surface area contributed by atoms with Crippen LogP contribution in [-0.2, 0) is 0 Å². The summed E-state index contributed by atoms with van der Waals surface area (Å²) in [6.07, 6.45) is 4.23. The maximum atomic E-state index is 5.98. The van der Waals surface area contributed by atoms with E-state index in [9.17, 15) is 0 Å². The average Bonchev–Trinajstić information content (AvgIpc) is 2.48. The van der Waals surface area contributed by atoms with Gasteiger partial charge in [-0.05, 0) is 48.5 Å². The zero-order valence-electron chi connectivity index (χ0n) is 11.4. The summed E-state index contributed by atoms with van der Waals surface area (Å²) >= 11 is 0. The van der Waals surface area contributed by atoms with Gasteiger partial charge in [-0.25, -0.2) is 0 Å². The Bertz CT molecular complexity index is 491. The first-order chi connectivity index (χ1) is 9.33. The van der Waals surface area contributed by atoms with Crippen LogP contribution in [0.25, 0.3) is 0 Å². The SMILES string of the molecule is COc1ccc(OC(CCN)c2ccncc2)cc1.Cl. The average molecular weight is 295 g/mol. The predicted octanol–water partition coefficient (Wildman–Crippen LogP) is 2.98. The van der Waals surface area contributed by atoms with Gasteiger partial charge in [0.25, 0.3) is 0 Å². The van der Waals surface area contributed by atoms with E-state index in [-0.39, 0.29) is 18.5 Å². The van der Waals surface area contributed by atoms with Crippen molar-refractivity contribution < 1.29 is 9.47 Å². The lowest BCUT2D eigenvalue weighted by Gasteiger charge is -2.19. The van der Waals surface area contributed by atoms with Gasteiger partial charge in [0.15, 0.2) is 0 Å². The summed E-state index contributed by atoms with van der Waals surface area (Å²) in [5, 5.41) is 0. The smallest absolute Gasteiger partial charge is 0.125 e. The summed E-state index contributed by atoms with van der Waals surface area (Å²) in [6.45, 7) is 0.573. The number of halogens is 1. The van der Waals surface area contributed by atoms with E-state index < -0.39 is 0 Å². The zero-order chi connectivity index (χ0) is 13.5. The first kappa shape index (κ1) is 16.3. The van der Waals surface area contributed by atoms with Gasteiger partial charge in [-0.1, -0.05) is 0 Å². The molecule has 0 spiro atoms. The molecule has 0 saturated carbocycles. The van der Waals surface area contributed by atoms with Gasteiger partial charge in [-0.2, -0.15) is 0 Å². The van der Waals surface area contributed by atoms with Crippen LogP contribution < -0.4 is 15.2 Å². The monoisotopic (exact) mass is 294 g/mol. The van der Waals surface area contributed by atoms with Crippen molar-refractivity contribution in [2.24, 2.45) is 5.73 Å². The molecule has 0 radical (unpaired) electrons. The largest absolute Gasteiger partial charge is 0.497 e. The standard InChI is InChI=1S/C15H18N2O2.ClH/c1-18-13-2-4-14(5-3-13)19-15(6-9-16)12-7-10-17-11-8-12;/h2-5,7-8,10-11,15H,6,9,16H2,1H3;1H. The molecule has 2 N–H and O–H groups in total. The van der Waals surface area contributed by atoms with E-state index in [1.54, 1.807) is 19.5 Å². The van der Waals surface area contributed by atoms with Gasteiger partial charge in [-0.3, -0.25) is 4.98 Å². The number of ether oxygens (including phenoxy) is 2. The lowest BCUT2D eigenvalue weighted by atomic mass is 10.1. The van der Waals surface area contributed by atoms with Crippen LogP contribution in [0.2, 0.25) is 0 Å². The molecule has 0 saturated heterocycles. The quantitative estimate of drug-likeness (QED) is 0.890. The number of methoxy groups -OCH3 is 1. The number of nitrogens with two attached hydrogens (primary N) is 1. The first-order valence-corrected chi connectivity index (χ1v) is 6.24. The van der Waals surface area contributed by atoms with Gasteiger partial charge in [0.1, 0.15) is 17.6 Å². The second kappa shape index (κ2) is 8.40. The molecular weight excluding hydrogens is 276 g/mol. The summed E-state index contributed by atoms with van der Waals surface area (Å²) in [7, 11) is 1.64. The molecule has 5 heteroatoms. The lowest BCUT2D eigenvalue weighted by Crippen LogP contribution is -2.13. The Kier molecular flexibility index (Phi) is 6.84. The van der Waals surface area contributed by atoms with Crippen LogP contribution in [0.4, 0.5) is 0 Å². The molecule has 0 aliphatic heterocycles. The molecule has 1 atom stereocenters. The Balaban J connectivity index is 0.00000200. The Morgan fingerprint density at radius 3 is 2.20 bits per heavy atom. The molecule has 0 aliphatic carbocycles. The predicted molar refractivity (Wildman–Crippen MR) is 81.5 cm³/mol. The van der Waals surface area contributed by atoms with Crippen molar-refractivity contribution in [3.05, 3.63) is 54.4 Å². The molecule has 4 nitrogen and oxygen atoms in total. The van der Waals surface area contributed by atoms with Crippen molar-refractivity contribution >= 4 is 12.4 Å². The highest BCUT2D eigenvalue weighted by Gasteiger charge is 2.12. The molecule has 20 heavy (non-hydrogen) atoms. The molecule has 108 valence electrons. The molecule has 0 bridgehead atoms. The van der Waals surface area contributed by atoms with E-state index >= 15 is 0 Å². The number of hydrogen-bond donors (Lipinski definition) is 1. The van der Waals surface area contributed by atoms with Crippen LogP contribution in [0.1, 0.15) is 18.1 Å². The molecular formula is C15H19ClN2O2. The van der Waals surface area contributed by atoms with Gasteiger partial charge < -0.3 is 15.2 Å². The maximum Gasteiger partial charge on any atom is 0.125 e. The summed E-state index contributed by atoms with van der Waals surface area (Å²) in [6, 6.07) is 11.4. The second-order valence-corrected chi connectivity index (χ2v) is 4.14. The highest BCUT2D eigenvalue weighted by Crippen LogP contribution is 2.25. The van der Waals surface area contributed by atoms with E-state index in [1.165, 1.54) is 0 Å². The normalized spacial score (nSPS) is 11.3. The van der Waals surface area contributed by atoms with Crippen molar-refractivity contribution in [3.63, 3.8) is 0 Å². The van der Waals surface area contributed by atoms with Gasteiger partial charge in [-0.15, -0.1) is 12.4 Å². The Morgan fingerprint density at radius 1 is 1.05 bits per heavy atom. The number of pyridine rings is 1. The Morgan fingerprint density at radius 2 is 1.65 bits per heavy atom. The number of aromatic nitrogens is 1. The summed E-state index contributed by atoms with van der Waals surface area (Å²) in [5.41, 5.74) is 6.73. The van der Waals surface area contributed by atoms with E-state index in [1.807, 2.05) is 36.4 Å². The number of rotatable bonds is 6. The number of benzene rings is 1. The molecule has 2 aromatic rings. The van der Waals surface area contributed by atoms with Crippen LogP contribution in [0, 0.1) is 0 Å². The summed E-state index contributed by atoms with van der Waals surface area (Å²) < 4.78 is 11.1. The minimum atomic E-state index is -0.0543. The summed E-state index contributed by atoms with van der Waals surface area (Å²) in [5.74, 6) is 1.61. The number of nitrogens with zero attached hydrogens (tertiary/aromatic N) is 1. The van der Waals surface area contributed by atoms with Crippen molar-refractivity contribution in [1.82, 2.24) is 4.98 Å². The van der Waals surface area contributed by atoms with E-state index in [2.05, 4.69) is 4.98 Å². The second-order valence-electron chi connectivity index (χ2n) is 4.14. The van der Waals surface area contributed by atoms with Gasteiger partial charge in [0, 0.05) is 18.8 Å². The van der Waals surface area contributed by atoms with Crippen LogP contribution in [0.15, 0.2) is 48.8 Å². The number of hydrogen-bond acceptors (Lipinski definition) is 4. The Hall–Kier alpha value is -1.78. The van der Waals surface area contributed by atoms with Crippen molar-refractivity contribution in [2.45, 2.75) is 12.5 Å². The molecule has 0 amide bonds. The van der Waals surface area contributed by atoms with Crippen molar-refractivity contribution in [2.75, 3.05) is 13.7 Å². The minimum absolute atomic E-state index is 0. The van der Waals surface area contributed by atoms with E-state index in [4.69, 9.17) is 15.2 Å². The third-order valence-corrected chi connectivity index (χ3v) is 2.84. The summed E-state index contributed by atoms with van der Waals surface area (Å²) in [4.78, 5) is 4.01. The molecule has 2 rings (SSSR count). The topological polar surface area (TPSA) is 57.4 Å². The Labute approximate surface area is 125 Å². The fourth-order valence-electron chi connectivity index (χ4n) is 1.84. The molecule has 0 fully saturated rings. The van der Waals surface area contributed by atoms with Crippen LogP contribution in [-0.4, -0.2) is 18.6 Å². The van der Waals surface area contributed by atoms with Crippen LogP contribution >= 0.6 is 12.4 Å². The van der Waals surface area contributed by atoms with Crippen molar-refractivity contribution in [1.29, 1.82) is 0 Å². The van der Waals surface area contributed by atoms with E-state index in [0.717, 1.165) is 23.5 Å². The third kappa shape index (κ3) is 4.40. The van der Waals surface area contributed by atoms with Gasteiger partial charge in [0.05, 0.1) is 7.11 Å². The van der Waals surface area contributed by atoms with E-state index in [0.29, 0.717) is 6.54 Å². The fourth-order valence-corrected chi connectivity index (χ4v) is 1.84. The lowest BCUT2D eigenvalue weighted by molar-refractivity contribution is 0.197. The molecule has 1 heterocycles. The highest BCUT2D eigenvalue weighted by molar-refractivity contribution is 5.85. The molecule has 0 aliphatic rings. The first-order valence-electron chi connectivity index (χ1n) is 6.24. The fraction of sp³-hybridized carbons (Fsp3) is 0.267. The van der Waals surface area contributed by atoms with Crippen LogP contribution in [0.3, 0.4) is 0 Å². The minimum Gasteiger partial charge on any atom is -0.497 e. The molecule has 1 aromatic heterocycles.